The highest BCUT2D eigenvalue weighted by atomic mass is 16.5. The first-order valence-electron chi connectivity index (χ1n) is 6.90. The van der Waals surface area contributed by atoms with Crippen LogP contribution in [0, 0.1) is 5.92 Å². The number of methoxy groups -OCH3 is 1. The normalized spacial score (nSPS) is 11.9. The second-order valence-corrected chi connectivity index (χ2v) is 5.15. The Bertz CT molecular complexity index is 543. The van der Waals surface area contributed by atoms with Gasteiger partial charge in [0.05, 0.1) is 7.11 Å². The molecule has 2 aromatic rings. The lowest BCUT2D eigenvalue weighted by Gasteiger charge is -2.11. The summed E-state index contributed by atoms with van der Waals surface area (Å²) < 4.78 is 5.10. The average Bonchev–Trinajstić information content (AvgIpc) is 2.48. The fourth-order valence-electron chi connectivity index (χ4n) is 2.30. The van der Waals surface area contributed by atoms with Gasteiger partial charge in [-0.3, -0.25) is 4.79 Å². The smallest absolute Gasteiger partial charge is 0.163 e. The molecule has 0 aliphatic carbocycles. The zero-order valence-electron chi connectivity index (χ0n) is 12.0. The lowest BCUT2D eigenvalue weighted by Crippen LogP contribution is -2.08. The maximum Gasteiger partial charge on any atom is 0.163 e. The SMILES string of the molecule is COc1ccc(C(=O)C[C@@H](C)Cc2ccccc2)cc1. The van der Waals surface area contributed by atoms with Gasteiger partial charge < -0.3 is 4.74 Å². The molecule has 0 heterocycles. The van der Waals surface area contributed by atoms with Gasteiger partial charge >= 0.3 is 0 Å². The lowest BCUT2D eigenvalue weighted by molar-refractivity contribution is 0.0964. The fraction of sp³-hybridized carbons (Fsp3) is 0.278. The third-order valence-electron chi connectivity index (χ3n) is 3.37. The molecule has 0 aliphatic heterocycles. The largest absolute Gasteiger partial charge is 0.497 e. The quantitative estimate of drug-likeness (QED) is 0.736. The van der Waals surface area contributed by atoms with Crippen molar-refractivity contribution in [3.8, 4) is 5.75 Å². The summed E-state index contributed by atoms with van der Waals surface area (Å²) in [6.07, 6.45) is 1.50. The highest BCUT2D eigenvalue weighted by Gasteiger charge is 2.12. The second-order valence-electron chi connectivity index (χ2n) is 5.15. The fourth-order valence-corrected chi connectivity index (χ4v) is 2.30. The molecule has 0 unspecified atom stereocenters. The highest BCUT2D eigenvalue weighted by molar-refractivity contribution is 5.96. The standard InChI is InChI=1S/C18H20O2/c1-14(12-15-6-4-3-5-7-15)13-18(19)16-8-10-17(20-2)11-9-16/h3-11,14H,12-13H2,1-2H3/t14-/m0/s1. The second kappa shape index (κ2) is 6.90. The summed E-state index contributed by atoms with van der Waals surface area (Å²) in [5.41, 5.74) is 2.04. The van der Waals surface area contributed by atoms with Gasteiger partial charge in [-0.25, -0.2) is 0 Å². The molecule has 0 aromatic heterocycles. The van der Waals surface area contributed by atoms with Gasteiger partial charge in [-0.05, 0) is 42.2 Å². The first-order valence-corrected chi connectivity index (χ1v) is 6.90. The van der Waals surface area contributed by atoms with Gasteiger partial charge in [0.1, 0.15) is 5.75 Å². The van der Waals surface area contributed by atoms with Gasteiger partial charge in [-0.1, -0.05) is 37.3 Å². The van der Waals surface area contributed by atoms with Gasteiger partial charge in [0.25, 0.3) is 0 Å². The molecule has 0 aliphatic rings. The molecule has 0 saturated carbocycles. The maximum atomic E-state index is 12.2. The third kappa shape index (κ3) is 3.95. The minimum Gasteiger partial charge on any atom is -0.497 e. The van der Waals surface area contributed by atoms with Crippen LogP contribution >= 0.6 is 0 Å². The summed E-state index contributed by atoms with van der Waals surface area (Å²) in [5.74, 6) is 1.31. The van der Waals surface area contributed by atoms with E-state index in [1.165, 1.54) is 5.56 Å². The van der Waals surface area contributed by atoms with E-state index in [0.717, 1.165) is 17.7 Å². The molecule has 0 radical (unpaired) electrons. The zero-order chi connectivity index (χ0) is 14.4. The summed E-state index contributed by atoms with van der Waals surface area (Å²) in [6, 6.07) is 17.6. The molecule has 0 fully saturated rings. The van der Waals surface area contributed by atoms with E-state index >= 15 is 0 Å². The topological polar surface area (TPSA) is 26.3 Å². The van der Waals surface area contributed by atoms with E-state index in [1.807, 2.05) is 42.5 Å². The molecular weight excluding hydrogens is 248 g/mol. The van der Waals surface area contributed by atoms with Crippen LogP contribution in [0.1, 0.15) is 29.3 Å². The van der Waals surface area contributed by atoms with Gasteiger partial charge in [-0.15, -0.1) is 0 Å². The molecule has 2 nitrogen and oxygen atoms in total. The first-order chi connectivity index (χ1) is 9.69. The zero-order valence-corrected chi connectivity index (χ0v) is 12.0. The predicted octanol–water partition coefficient (Wildman–Crippen LogP) is 4.15. The van der Waals surface area contributed by atoms with Crippen LogP contribution in [0.15, 0.2) is 54.6 Å². The van der Waals surface area contributed by atoms with Crippen molar-refractivity contribution in [2.75, 3.05) is 7.11 Å². The van der Waals surface area contributed by atoms with E-state index in [0.29, 0.717) is 12.3 Å². The molecule has 20 heavy (non-hydrogen) atoms. The van der Waals surface area contributed by atoms with E-state index < -0.39 is 0 Å². The average molecular weight is 268 g/mol. The van der Waals surface area contributed by atoms with Crippen molar-refractivity contribution < 1.29 is 9.53 Å². The van der Waals surface area contributed by atoms with Crippen molar-refractivity contribution in [1.82, 2.24) is 0 Å². The van der Waals surface area contributed by atoms with E-state index in [-0.39, 0.29) is 5.78 Å². The van der Waals surface area contributed by atoms with Gasteiger partial charge in [0.2, 0.25) is 0 Å². The molecule has 0 spiro atoms. The Kier molecular flexibility index (Phi) is 4.94. The van der Waals surface area contributed by atoms with Crippen molar-refractivity contribution in [3.05, 3.63) is 65.7 Å². The van der Waals surface area contributed by atoms with Crippen molar-refractivity contribution in [2.24, 2.45) is 5.92 Å². The molecule has 0 saturated heterocycles. The number of ether oxygens (including phenoxy) is 1. The number of Topliss-reactive ketones (excluding diaryl/α,β-unsaturated/α-hetero) is 1. The molecule has 2 rings (SSSR count). The van der Waals surface area contributed by atoms with Crippen LogP contribution < -0.4 is 4.74 Å². The predicted molar refractivity (Wildman–Crippen MR) is 81.3 cm³/mol. The monoisotopic (exact) mass is 268 g/mol. The van der Waals surface area contributed by atoms with Crippen LogP contribution in [0.25, 0.3) is 0 Å². The Balaban J connectivity index is 1.93. The van der Waals surface area contributed by atoms with E-state index in [4.69, 9.17) is 4.74 Å². The Hall–Kier alpha value is -2.09. The maximum absolute atomic E-state index is 12.2. The van der Waals surface area contributed by atoms with E-state index in [1.54, 1.807) is 7.11 Å². The molecule has 2 heteroatoms. The van der Waals surface area contributed by atoms with Crippen molar-refractivity contribution in [1.29, 1.82) is 0 Å². The van der Waals surface area contributed by atoms with E-state index in [2.05, 4.69) is 19.1 Å². The molecule has 2 aromatic carbocycles. The van der Waals surface area contributed by atoms with Crippen molar-refractivity contribution in [2.45, 2.75) is 19.8 Å². The number of hydrogen-bond donors (Lipinski definition) is 0. The van der Waals surface area contributed by atoms with Crippen molar-refractivity contribution in [3.63, 3.8) is 0 Å². The molecule has 0 amide bonds. The summed E-state index contributed by atoms with van der Waals surface area (Å²) >= 11 is 0. The molecular formula is C18H20O2. The summed E-state index contributed by atoms with van der Waals surface area (Å²) in [6.45, 7) is 2.12. The number of carbonyl (C=O) groups is 1. The van der Waals surface area contributed by atoms with Gasteiger partial charge in [0, 0.05) is 12.0 Å². The van der Waals surface area contributed by atoms with Crippen LogP contribution in [-0.2, 0) is 6.42 Å². The van der Waals surface area contributed by atoms with Crippen LogP contribution in [0.4, 0.5) is 0 Å². The molecule has 104 valence electrons. The van der Waals surface area contributed by atoms with Gasteiger partial charge in [0.15, 0.2) is 5.78 Å². The van der Waals surface area contributed by atoms with Crippen molar-refractivity contribution >= 4 is 5.78 Å². The van der Waals surface area contributed by atoms with Crippen LogP contribution in [0.5, 0.6) is 5.75 Å². The van der Waals surface area contributed by atoms with Crippen LogP contribution in [0.2, 0.25) is 0 Å². The summed E-state index contributed by atoms with van der Waals surface area (Å²) in [5, 5.41) is 0. The van der Waals surface area contributed by atoms with E-state index in [9.17, 15) is 4.79 Å². The molecule has 0 N–H and O–H groups in total. The Labute approximate surface area is 120 Å². The molecule has 1 atom stereocenters. The van der Waals surface area contributed by atoms with Gasteiger partial charge in [-0.2, -0.15) is 0 Å². The number of hydrogen-bond acceptors (Lipinski definition) is 2. The van der Waals surface area contributed by atoms with Crippen LogP contribution in [-0.4, -0.2) is 12.9 Å². The minimum absolute atomic E-state index is 0.191. The lowest BCUT2D eigenvalue weighted by atomic mass is 9.94. The van der Waals surface area contributed by atoms with Crippen LogP contribution in [0.3, 0.4) is 0 Å². The number of carbonyl (C=O) groups excluding carboxylic acids is 1. The summed E-state index contributed by atoms with van der Waals surface area (Å²) in [4.78, 5) is 12.2. The first kappa shape index (κ1) is 14.3. The highest BCUT2D eigenvalue weighted by Crippen LogP contribution is 2.17. The minimum atomic E-state index is 0.191. The Morgan fingerprint density at radius 3 is 2.30 bits per heavy atom. The summed E-state index contributed by atoms with van der Waals surface area (Å²) in [7, 11) is 1.62. The number of benzene rings is 2. The number of rotatable bonds is 6. The molecule has 0 bridgehead atoms. The Morgan fingerprint density at radius 2 is 1.70 bits per heavy atom. The third-order valence-corrected chi connectivity index (χ3v) is 3.37. The Morgan fingerprint density at radius 1 is 1.05 bits per heavy atom. The number of ketones is 1.